The standard InChI is InChI=1S/C21H29N3O3/c1-16(2)11-12-24(13-14-25)19-9-6-17(7-10-19)5-8-18-15-20(26-3)23-21(22-18)27-4/h5-10,15-16,25H,11-14H2,1-4H3/b8-5+. The maximum absolute atomic E-state index is 9.33. The molecule has 1 aromatic heterocycles. The van der Waals surface area contributed by atoms with E-state index in [4.69, 9.17) is 9.47 Å². The lowest BCUT2D eigenvalue weighted by Crippen LogP contribution is -2.28. The molecule has 0 aliphatic rings. The number of rotatable bonds is 10. The van der Waals surface area contributed by atoms with E-state index in [-0.39, 0.29) is 12.6 Å². The van der Waals surface area contributed by atoms with Gasteiger partial charge in [0, 0.05) is 24.8 Å². The normalized spacial score (nSPS) is 11.2. The van der Waals surface area contributed by atoms with Gasteiger partial charge in [0.25, 0.3) is 0 Å². The summed E-state index contributed by atoms with van der Waals surface area (Å²) in [6.45, 7) is 6.15. The zero-order valence-electron chi connectivity index (χ0n) is 16.6. The zero-order valence-corrected chi connectivity index (χ0v) is 16.6. The summed E-state index contributed by atoms with van der Waals surface area (Å²) in [6.07, 6.45) is 4.97. The number of benzene rings is 1. The molecule has 0 aliphatic carbocycles. The van der Waals surface area contributed by atoms with E-state index in [0.29, 0.717) is 24.0 Å². The summed E-state index contributed by atoms with van der Waals surface area (Å²) in [5, 5.41) is 9.33. The van der Waals surface area contributed by atoms with E-state index in [1.807, 2.05) is 12.2 Å². The molecule has 0 atom stereocenters. The molecule has 0 fully saturated rings. The minimum Gasteiger partial charge on any atom is -0.481 e. The van der Waals surface area contributed by atoms with Gasteiger partial charge in [0.15, 0.2) is 0 Å². The van der Waals surface area contributed by atoms with Crippen LogP contribution in [0.25, 0.3) is 12.2 Å². The van der Waals surface area contributed by atoms with Crippen LogP contribution in [-0.4, -0.2) is 49.0 Å². The smallest absolute Gasteiger partial charge is 0.319 e. The molecule has 0 amide bonds. The Bertz CT molecular complexity index is 708. The Morgan fingerprint density at radius 2 is 1.78 bits per heavy atom. The molecule has 0 spiro atoms. The molecule has 1 aromatic carbocycles. The van der Waals surface area contributed by atoms with Gasteiger partial charge in [-0.25, -0.2) is 0 Å². The average Bonchev–Trinajstić information content (AvgIpc) is 2.69. The second-order valence-electron chi connectivity index (χ2n) is 6.64. The van der Waals surface area contributed by atoms with Crippen molar-refractivity contribution in [2.24, 2.45) is 5.92 Å². The molecule has 1 N–H and O–H groups in total. The Hall–Kier alpha value is -2.60. The number of hydrogen-bond acceptors (Lipinski definition) is 6. The highest BCUT2D eigenvalue weighted by Gasteiger charge is 2.07. The number of aliphatic hydroxyl groups is 1. The number of hydrogen-bond donors (Lipinski definition) is 1. The van der Waals surface area contributed by atoms with Gasteiger partial charge in [-0.05, 0) is 36.1 Å². The zero-order chi connectivity index (χ0) is 19.6. The Morgan fingerprint density at radius 1 is 1.04 bits per heavy atom. The highest BCUT2D eigenvalue weighted by atomic mass is 16.5. The van der Waals surface area contributed by atoms with Gasteiger partial charge in [-0.2, -0.15) is 9.97 Å². The summed E-state index contributed by atoms with van der Waals surface area (Å²) in [5.41, 5.74) is 2.89. The molecule has 6 heteroatoms. The molecule has 6 nitrogen and oxygen atoms in total. The van der Waals surface area contributed by atoms with Crippen LogP contribution in [0.5, 0.6) is 11.9 Å². The van der Waals surface area contributed by atoms with E-state index in [0.717, 1.165) is 24.2 Å². The van der Waals surface area contributed by atoms with E-state index in [2.05, 4.69) is 53.0 Å². The Kier molecular flexibility index (Phi) is 8.07. The highest BCUT2D eigenvalue weighted by molar-refractivity contribution is 5.69. The summed E-state index contributed by atoms with van der Waals surface area (Å²) in [4.78, 5) is 10.6. The molecule has 0 saturated carbocycles. The maximum atomic E-state index is 9.33. The minimum absolute atomic E-state index is 0.150. The molecule has 0 unspecified atom stereocenters. The van der Waals surface area contributed by atoms with Crippen molar-refractivity contribution in [3.8, 4) is 11.9 Å². The van der Waals surface area contributed by atoms with E-state index in [1.54, 1.807) is 13.2 Å². The number of aromatic nitrogens is 2. The van der Waals surface area contributed by atoms with E-state index in [1.165, 1.54) is 7.11 Å². The lowest BCUT2D eigenvalue weighted by Gasteiger charge is -2.25. The van der Waals surface area contributed by atoms with Crippen molar-refractivity contribution in [2.75, 3.05) is 38.8 Å². The third-order valence-corrected chi connectivity index (χ3v) is 4.14. The second kappa shape index (κ2) is 10.5. The van der Waals surface area contributed by atoms with Crippen molar-refractivity contribution in [1.82, 2.24) is 9.97 Å². The molecule has 27 heavy (non-hydrogen) atoms. The lowest BCUT2D eigenvalue weighted by molar-refractivity contribution is 0.301. The Labute approximate surface area is 161 Å². The van der Waals surface area contributed by atoms with E-state index < -0.39 is 0 Å². The first kappa shape index (κ1) is 20.7. The van der Waals surface area contributed by atoms with Crippen LogP contribution in [-0.2, 0) is 0 Å². The van der Waals surface area contributed by atoms with Crippen LogP contribution >= 0.6 is 0 Å². The second-order valence-corrected chi connectivity index (χ2v) is 6.64. The number of anilines is 1. The molecule has 1 heterocycles. The summed E-state index contributed by atoms with van der Waals surface area (Å²) in [7, 11) is 3.09. The van der Waals surface area contributed by atoms with Crippen molar-refractivity contribution < 1.29 is 14.6 Å². The van der Waals surface area contributed by atoms with Crippen molar-refractivity contribution in [2.45, 2.75) is 20.3 Å². The van der Waals surface area contributed by atoms with Gasteiger partial charge in [0.05, 0.1) is 26.5 Å². The van der Waals surface area contributed by atoms with Crippen LogP contribution < -0.4 is 14.4 Å². The predicted octanol–water partition coefficient (Wildman–Crippen LogP) is 3.51. The molecule has 0 bridgehead atoms. The van der Waals surface area contributed by atoms with Crippen LogP contribution in [0, 0.1) is 5.92 Å². The fourth-order valence-electron chi connectivity index (χ4n) is 2.58. The van der Waals surface area contributed by atoms with Gasteiger partial charge < -0.3 is 19.5 Å². The molecule has 2 aromatic rings. The van der Waals surface area contributed by atoms with Gasteiger partial charge in [0.1, 0.15) is 0 Å². The first-order chi connectivity index (χ1) is 13.0. The largest absolute Gasteiger partial charge is 0.481 e. The quantitative estimate of drug-likeness (QED) is 0.689. The number of aliphatic hydroxyl groups excluding tert-OH is 1. The first-order valence-corrected chi connectivity index (χ1v) is 9.16. The molecule has 2 rings (SSSR count). The molecule has 0 saturated heterocycles. The van der Waals surface area contributed by atoms with Crippen molar-refractivity contribution in [3.63, 3.8) is 0 Å². The average molecular weight is 371 g/mol. The number of ether oxygens (including phenoxy) is 2. The molecule has 146 valence electrons. The van der Waals surface area contributed by atoms with Crippen molar-refractivity contribution >= 4 is 17.8 Å². The van der Waals surface area contributed by atoms with E-state index in [9.17, 15) is 5.11 Å². The Morgan fingerprint density at radius 3 is 2.37 bits per heavy atom. The van der Waals surface area contributed by atoms with Crippen molar-refractivity contribution in [1.29, 1.82) is 0 Å². The van der Waals surface area contributed by atoms with Crippen LogP contribution in [0.1, 0.15) is 31.5 Å². The van der Waals surface area contributed by atoms with Crippen LogP contribution in [0.3, 0.4) is 0 Å². The SMILES string of the molecule is COc1cc(/C=C/c2ccc(N(CCO)CCC(C)C)cc2)nc(OC)n1. The first-order valence-electron chi connectivity index (χ1n) is 9.16. The lowest BCUT2D eigenvalue weighted by atomic mass is 10.1. The van der Waals surface area contributed by atoms with E-state index >= 15 is 0 Å². The summed E-state index contributed by atoms with van der Waals surface area (Å²) in [6, 6.07) is 10.3. The number of methoxy groups -OCH3 is 2. The highest BCUT2D eigenvalue weighted by Crippen LogP contribution is 2.19. The van der Waals surface area contributed by atoms with Crippen molar-refractivity contribution in [3.05, 3.63) is 41.6 Å². The number of nitrogens with zero attached hydrogens (tertiary/aromatic N) is 3. The monoisotopic (exact) mass is 371 g/mol. The summed E-state index contributed by atoms with van der Waals surface area (Å²) in [5.74, 6) is 1.09. The molecule has 0 radical (unpaired) electrons. The fraction of sp³-hybridized carbons (Fsp3) is 0.429. The molecular weight excluding hydrogens is 342 g/mol. The van der Waals surface area contributed by atoms with Gasteiger partial charge in [-0.15, -0.1) is 0 Å². The molecular formula is C21H29N3O3. The predicted molar refractivity (Wildman–Crippen MR) is 109 cm³/mol. The van der Waals surface area contributed by atoms with Gasteiger partial charge in [-0.1, -0.05) is 32.1 Å². The van der Waals surface area contributed by atoms with Gasteiger partial charge in [-0.3, -0.25) is 0 Å². The fourth-order valence-corrected chi connectivity index (χ4v) is 2.58. The van der Waals surface area contributed by atoms with Gasteiger partial charge in [0.2, 0.25) is 5.88 Å². The molecule has 0 aliphatic heterocycles. The van der Waals surface area contributed by atoms with Crippen LogP contribution in [0.2, 0.25) is 0 Å². The Balaban J connectivity index is 2.11. The van der Waals surface area contributed by atoms with Crippen LogP contribution in [0.4, 0.5) is 5.69 Å². The maximum Gasteiger partial charge on any atom is 0.319 e. The summed E-state index contributed by atoms with van der Waals surface area (Å²) >= 11 is 0. The minimum atomic E-state index is 0.150. The van der Waals surface area contributed by atoms with Crippen LogP contribution in [0.15, 0.2) is 30.3 Å². The third kappa shape index (κ3) is 6.57. The third-order valence-electron chi connectivity index (χ3n) is 4.14. The van der Waals surface area contributed by atoms with Gasteiger partial charge >= 0.3 is 6.01 Å². The topological polar surface area (TPSA) is 67.7 Å². The summed E-state index contributed by atoms with van der Waals surface area (Å²) < 4.78 is 10.3.